The van der Waals surface area contributed by atoms with Gasteiger partial charge < -0.3 is 10.5 Å². The molecule has 0 aliphatic carbocycles. The highest BCUT2D eigenvalue weighted by molar-refractivity contribution is 7.89. The van der Waals surface area contributed by atoms with E-state index in [-0.39, 0.29) is 12.4 Å². The minimum Gasteiger partial charge on any atom is -0.381 e. The van der Waals surface area contributed by atoms with Crippen LogP contribution in [0.2, 0.25) is 0 Å². The lowest BCUT2D eigenvalue weighted by molar-refractivity contribution is 0.163. The molecule has 0 bridgehead atoms. The molecule has 0 saturated carbocycles. The van der Waals surface area contributed by atoms with Crippen molar-refractivity contribution in [2.24, 2.45) is 5.73 Å². The van der Waals surface area contributed by atoms with Gasteiger partial charge in [0.15, 0.2) is 0 Å². The van der Waals surface area contributed by atoms with Gasteiger partial charge in [-0.3, -0.25) is 0 Å². The Labute approximate surface area is 79.7 Å². The van der Waals surface area contributed by atoms with Crippen LogP contribution in [0.3, 0.4) is 0 Å². The lowest BCUT2D eigenvalue weighted by Gasteiger charge is -2.05. The van der Waals surface area contributed by atoms with Crippen molar-refractivity contribution in [1.29, 1.82) is 0 Å². The fraction of sp³-hybridized carbons (Fsp3) is 1.00. The van der Waals surface area contributed by atoms with Gasteiger partial charge >= 0.3 is 0 Å². The van der Waals surface area contributed by atoms with Gasteiger partial charge in [0.25, 0.3) is 0 Å². The molecule has 0 aliphatic rings. The maximum absolute atomic E-state index is 11.1. The smallest absolute Gasteiger partial charge is 0.213 e. The van der Waals surface area contributed by atoms with Crippen molar-refractivity contribution in [3.8, 4) is 0 Å². The Bertz CT molecular complexity index is 188. The predicted molar refractivity (Wildman–Crippen MR) is 52.0 cm³/mol. The largest absolute Gasteiger partial charge is 0.381 e. The molecule has 0 rings (SSSR count). The van der Waals surface area contributed by atoms with Crippen LogP contribution < -0.4 is 10.5 Å². The number of hydrogen-bond donors (Lipinski definition) is 2. The topological polar surface area (TPSA) is 81.4 Å². The molecule has 3 N–H and O–H groups in total. The average Bonchev–Trinajstić information content (AvgIpc) is 2.05. The first-order chi connectivity index (χ1) is 6.12. The molecule has 0 spiro atoms. The van der Waals surface area contributed by atoms with Crippen LogP contribution in [0, 0.1) is 0 Å². The van der Waals surface area contributed by atoms with E-state index in [0.717, 1.165) is 0 Å². The lowest BCUT2D eigenvalue weighted by Crippen LogP contribution is -2.30. The summed E-state index contributed by atoms with van der Waals surface area (Å²) in [5, 5.41) is 0. The Balaban J connectivity index is 3.55. The average molecular weight is 210 g/mol. The van der Waals surface area contributed by atoms with Gasteiger partial charge in [-0.2, -0.15) is 0 Å². The SMILES string of the molecule is CCOCCS(=O)(=O)NCCCN. The van der Waals surface area contributed by atoms with E-state index in [1.165, 1.54) is 0 Å². The summed E-state index contributed by atoms with van der Waals surface area (Å²) < 4.78 is 29.7. The molecule has 0 heterocycles. The number of ether oxygens (including phenoxy) is 1. The van der Waals surface area contributed by atoms with E-state index in [9.17, 15) is 8.42 Å². The molecule has 5 nitrogen and oxygen atoms in total. The monoisotopic (exact) mass is 210 g/mol. The number of hydrogen-bond acceptors (Lipinski definition) is 4. The summed E-state index contributed by atoms with van der Waals surface area (Å²) >= 11 is 0. The molecule has 0 aliphatic heterocycles. The second-order valence-corrected chi connectivity index (χ2v) is 4.48. The molecule has 13 heavy (non-hydrogen) atoms. The summed E-state index contributed by atoms with van der Waals surface area (Å²) in [6.45, 7) is 3.51. The van der Waals surface area contributed by atoms with Gasteiger partial charge in [-0.25, -0.2) is 13.1 Å². The lowest BCUT2D eigenvalue weighted by atomic mass is 10.4. The van der Waals surface area contributed by atoms with Gasteiger partial charge in [0.1, 0.15) is 0 Å². The summed E-state index contributed by atoms with van der Waals surface area (Å²) in [7, 11) is -3.16. The van der Waals surface area contributed by atoms with E-state index in [2.05, 4.69) is 4.72 Å². The number of nitrogens with two attached hydrogens (primary N) is 1. The molecule has 80 valence electrons. The summed E-state index contributed by atoms with van der Waals surface area (Å²) in [6, 6.07) is 0. The molecule has 0 aromatic heterocycles. The van der Waals surface area contributed by atoms with Crippen molar-refractivity contribution in [1.82, 2.24) is 4.72 Å². The maximum atomic E-state index is 11.1. The van der Waals surface area contributed by atoms with Crippen molar-refractivity contribution < 1.29 is 13.2 Å². The molecule has 0 atom stereocenters. The second kappa shape index (κ2) is 7.25. The van der Waals surface area contributed by atoms with Crippen molar-refractivity contribution in [3.05, 3.63) is 0 Å². The fourth-order valence-electron chi connectivity index (χ4n) is 0.715. The molecule has 0 radical (unpaired) electrons. The van der Waals surface area contributed by atoms with Crippen LogP contribution in [0.5, 0.6) is 0 Å². The Kier molecular flexibility index (Phi) is 7.16. The van der Waals surface area contributed by atoms with E-state index in [0.29, 0.717) is 26.1 Å². The zero-order chi connectivity index (χ0) is 10.2. The summed E-state index contributed by atoms with van der Waals surface area (Å²) in [6.07, 6.45) is 0.661. The van der Waals surface area contributed by atoms with Crippen LogP contribution >= 0.6 is 0 Å². The Morgan fingerprint density at radius 3 is 2.69 bits per heavy atom. The van der Waals surface area contributed by atoms with Crippen LogP contribution in [-0.2, 0) is 14.8 Å². The van der Waals surface area contributed by atoms with Crippen LogP contribution in [0.1, 0.15) is 13.3 Å². The summed E-state index contributed by atoms with van der Waals surface area (Å²) in [5.41, 5.74) is 5.22. The van der Waals surface area contributed by atoms with Crippen molar-refractivity contribution >= 4 is 10.0 Å². The highest BCUT2D eigenvalue weighted by Crippen LogP contribution is 1.86. The standard InChI is InChI=1S/C7H18N2O3S/c1-2-12-6-7-13(10,11)9-5-3-4-8/h9H,2-8H2,1H3. The van der Waals surface area contributed by atoms with Crippen LogP contribution in [0.25, 0.3) is 0 Å². The minimum absolute atomic E-state index is 0.0193. The zero-order valence-corrected chi connectivity index (χ0v) is 8.77. The number of rotatable bonds is 8. The quantitative estimate of drug-likeness (QED) is 0.519. The molecular formula is C7H18N2O3S. The van der Waals surface area contributed by atoms with E-state index in [1.54, 1.807) is 0 Å². The highest BCUT2D eigenvalue weighted by Gasteiger charge is 2.07. The predicted octanol–water partition coefficient (Wildman–Crippen LogP) is -0.709. The molecule has 0 saturated heterocycles. The summed E-state index contributed by atoms with van der Waals surface area (Å²) in [4.78, 5) is 0. The number of sulfonamides is 1. The first-order valence-corrected chi connectivity index (χ1v) is 6.02. The van der Waals surface area contributed by atoms with E-state index in [1.807, 2.05) is 6.92 Å². The van der Waals surface area contributed by atoms with Crippen LogP contribution in [0.4, 0.5) is 0 Å². The second-order valence-electron chi connectivity index (χ2n) is 2.55. The third kappa shape index (κ3) is 8.17. The molecule has 0 fully saturated rings. The van der Waals surface area contributed by atoms with Gasteiger partial charge in [-0.1, -0.05) is 0 Å². The Morgan fingerprint density at radius 2 is 2.15 bits per heavy atom. The van der Waals surface area contributed by atoms with Crippen LogP contribution in [0.15, 0.2) is 0 Å². The van der Waals surface area contributed by atoms with Gasteiger partial charge in [0.05, 0.1) is 12.4 Å². The molecule has 0 aromatic rings. The third-order valence-electron chi connectivity index (χ3n) is 1.40. The van der Waals surface area contributed by atoms with Gasteiger partial charge in [0.2, 0.25) is 10.0 Å². The van der Waals surface area contributed by atoms with Crippen molar-refractivity contribution in [3.63, 3.8) is 0 Å². The molecule has 6 heteroatoms. The van der Waals surface area contributed by atoms with Gasteiger partial charge in [-0.15, -0.1) is 0 Å². The first kappa shape index (κ1) is 12.8. The van der Waals surface area contributed by atoms with Gasteiger partial charge in [-0.05, 0) is 19.9 Å². The van der Waals surface area contributed by atoms with E-state index >= 15 is 0 Å². The third-order valence-corrected chi connectivity index (χ3v) is 2.75. The summed E-state index contributed by atoms with van der Waals surface area (Å²) in [5.74, 6) is 0.0193. The van der Waals surface area contributed by atoms with Gasteiger partial charge in [0, 0.05) is 13.2 Å². The van der Waals surface area contributed by atoms with Crippen molar-refractivity contribution in [2.45, 2.75) is 13.3 Å². The van der Waals surface area contributed by atoms with Crippen LogP contribution in [-0.4, -0.2) is 40.5 Å². The Morgan fingerprint density at radius 1 is 1.46 bits per heavy atom. The molecule has 0 unspecified atom stereocenters. The number of nitrogens with one attached hydrogen (secondary N) is 1. The first-order valence-electron chi connectivity index (χ1n) is 4.37. The van der Waals surface area contributed by atoms with E-state index < -0.39 is 10.0 Å². The minimum atomic E-state index is -3.16. The highest BCUT2D eigenvalue weighted by atomic mass is 32.2. The fourth-order valence-corrected chi connectivity index (χ4v) is 1.65. The molecular weight excluding hydrogens is 192 g/mol. The zero-order valence-electron chi connectivity index (χ0n) is 7.95. The Hall–Kier alpha value is -0.170. The van der Waals surface area contributed by atoms with Crippen molar-refractivity contribution in [2.75, 3.05) is 32.1 Å². The molecule has 0 aromatic carbocycles. The molecule has 0 amide bonds. The normalized spacial score (nSPS) is 11.8. The van der Waals surface area contributed by atoms with E-state index in [4.69, 9.17) is 10.5 Å². The maximum Gasteiger partial charge on any atom is 0.213 e.